The molecular weight excluding hydrogens is 615 g/mol. The van der Waals surface area contributed by atoms with Gasteiger partial charge in [-0.2, -0.15) is 0 Å². The van der Waals surface area contributed by atoms with Gasteiger partial charge in [-0.15, -0.1) is 0 Å². The Hall–Kier alpha value is -2.75. The standard InChI is InChI=1S/C21H23NO2.C13H19N.CH4O.CH3.Pd.H2/c23-21(24-17-20-10-5-2-6-11-20)22-15-7-12-19(16-22)14-13-18-8-3-1-4-9-18;1-2-5-12(6-3-1)8-9-13-7-4-10-14-11-13;1-2;;;/h1-6,8-11,13-14,19H,7,12,15-17H2;1-3,5-6,13-14H,4,7-11H2;2H,1H3;1H3;;1H/q;;;-1;;/t19-;13-;;;;/m11..../s1. The Morgan fingerprint density at radius 1 is 0.929 bits per heavy atom. The number of benzene rings is 3. The van der Waals surface area contributed by atoms with Gasteiger partial charge < -0.3 is 27.5 Å². The molecule has 5 rings (SSSR count). The molecule has 5 nitrogen and oxygen atoms in total. The number of aliphatic hydroxyl groups excluding tert-OH is 1. The summed E-state index contributed by atoms with van der Waals surface area (Å²) in [5.41, 5.74) is 3.70. The zero-order valence-electron chi connectivity index (χ0n) is 25.3. The van der Waals surface area contributed by atoms with Crippen LogP contribution >= 0.6 is 0 Å². The van der Waals surface area contributed by atoms with Crippen LogP contribution < -0.4 is 5.32 Å². The van der Waals surface area contributed by atoms with Gasteiger partial charge in [0, 0.05) is 42.0 Å². The van der Waals surface area contributed by atoms with Gasteiger partial charge in [0.25, 0.3) is 0 Å². The molecular formula is C36H51N2O3Pd-. The first kappa shape index (κ1) is 37.3. The second kappa shape index (κ2) is 22.8. The summed E-state index contributed by atoms with van der Waals surface area (Å²) in [5, 5.41) is 10.5. The van der Waals surface area contributed by atoms with Crippen molar-refractivity contribution in [3.05, 3.63) is 121 Å². The Balaban J connectivity index is 0.000000802. The van der Waals surface area contributed by atoms with E-state index in [-0.39, 0.29) is 35.4 Å². The van der Waals surface area contributed by atoms with Crippen LogP contribution in [-0.4, -0.2) is 49.4 Å². The second-order valence-electron chi connectivity index (χ2n) is 10.4. The summed E-state index contributed by atoms with van der Waals surface area (Å²) in [5.74, 6) is 1.30. The topological polar surface area (TPSA) is 61.8 Å². The smallest absolute Gasteiger partial charge is 0.410 e. The number of aliphatic hydroxyl groups is 1. The molecule has 42 heavy (non-hydrogen) atoms. The molecule has 2 fully saturated rings. The van der Waals surface area contributed by atoms with Crippen LogP contribution in [0.25, 0.3) is 6.08 Å². The Kier molecular flexibility index (Phi) is 20.2. The number of rotatable bonds is 7. The molecule has 2 aliphatic rings. The SMILES string of the molecule is CO.O=C(OCc1ccccc1)N1CCC[C@H](C=Cc2ccccc2)C1.[CH3-].[HH].[Pd].c1ccc(CC[C@H]2CCCNC2)cc1. The molecule has 2 aliphatic heterocycles. The summed E-state index contributed by atoms with van der Waals surface area (Å²) < 4.78 is 5.44. The van der Waals surface area contributed by atoms with Crippen molar-refractivity contribution in [3.8, 4) is 0 Å². The van der Waals surface area contributed by atoms with E-state index < -0.39 is 0 Å². The van der Waals surface area contributed by atoms with Gasteiger partial charge in [0.2, 0.25) is 0 Å². The molecule has 2 atom stereocenters. The zero-order chi connectivity index (χ0) is 28.3. The predicted molar refractivity (Wildman–Crippen MR) is 173 cm³/mol. The average molecular weight is 666 g/mol. The van der Waals surface area contributed by atoms with E-state index >= 15 is 0 Å². The third-order valence-electron chi connectivity index (χ3n) is 7.36. The van der Waals surface area contributed by atoms with Gasteiger partial charge in [0.05, 0.1) is 0 Å². The van der Waals surface area contributed by atoms with Gasteiger partial charge in [0.1, 0.15) is 6.61 Å². The van der Waals surface area contributed by atoms with Crippen LogP contribution in [0.1, 0.15) is 50.2 Å². The molecule has 2 N–H and O–H groups in total. The number of carbonyl (C=O) groups is 1. The zero-order valence-corrected chi connectivity index (χ0v) is 26.8. The molecule has 3 aromatic rings. The van der Waals surface area contributed by atoms with Crippen molar-refractivity contribution in [3.63, 3.8) is 0 Å². The number of ether oxygens (including phenoxy) is 1. The van der Waals surface area contributed by atoms with Crippen molar-refractivity contribution in [2.75, 3.05) is 33.3 Å². The molecule has 0 saturated carbocycles. The number of aryl methyl sites for hydroxylation is 1. The van der Waals surface area contributed by atoms with Crippen molar-refractivity contribution in [2.45, 2.75) is 45.1 Å². The fourth-order valence-electron chi connectivity index (χ4n) is 5.14. The number of piperidine rings is 2. The summed E-state index contributed by atoms with van der Waals surface area (Å²) in [4.78, 5) is 14.1. The Labute approximate surface area is 269 Å². The molecule has 2 saturated heterocycles. The molecule has 0 unspecified atom stereocenters. The van der Waals surface area contributed by atoms with Gasteiger partial charge in [0.15, 0.2) is 0 Å². The molecule has 6 heteroatoms. The summed E-state index contributed by atoms with van der Waals surface area (Å²) in [7, 11) is 1.00. The quantitative estimate of drug-likeness (QED) is 0.201. The molecule has 0 aliphatic carbocycles. The van der Waals surface area contributed by atoms with Crippen LogP contribution in [0.3, 0.4) is 0 Å². The molecule has 0 radical (unpaired) electrons. The predicted octanol–water partition coefficient (Wildman–Crippen LogP) is 7.67. The van der Waals surface area contributed by atoms with E-state index in [1.54, 1.807) is 0 Å². The van der Waals surface area contributed by atoms with Crippen LogP contribution in [0, 0.1) is 19.3 Å². The number of nitrogens with one attached hydrogen (secondary N) is 1. The largest absolute Gasteiger partial charge is 0.445 e. The Morgan fingerprint density at radius 3 is 2.17 bits per heavy atom. The van der Waals surface area contributed by atoms with Gasteiger partial charge in [-0.3, -0.25) is 0 Å². The third-order valence-corrected chi connectivity index (χ3v) is 7.36. The fourth-order valence-corrected chi connectivity index (χ4v) is 5.14. The van der Waals surface area contributed by atoms with Gasteiger partial charge >= 0.3 is 6.09 Å². The molecule has 0 bridgehead atoms. The minimum atomic E-state index is -0.211. The number of hydrogen-bond donors (Lipinski definition) is 2. The maximum Gasteiger partial charge on any atom is 0.410 e. The van der Waals surface area contributed by atoms with Gasteiger partial charge in [-0.25, -0.2) is 4.79 Å². The number of amides is 1. The maximum absolute atomic E-state index is 12.3. The van der Waals surface area contributed by atoms with Crippen LogP contribution in [0.4, 0.5) is 4.79 Å². The molecule has 2 heterocycles. The van der Waals surface area contributed by atoms with Crippen molar-refractivity contribution in [1.82, 2.24) is 10.2 Å². The minimum Gasteiger partial charge on any atom is -0.445 e. The normalized spacial score (nSPS) is 17.7. The Bertz CT molecular complexity index is 1100. The summed E-state index contributed by atoms with van der Waals surface area (Å²) >= 11 is 0. The summed E-state index contributed by atoms with van der Waals surface area (Å²) in [6.45, 7) is 4.30. The fraction of sp³-hybridized carbons (Fsp3) is 0.389. The summed E-state index contributed by atoms with van der Waals surface area (Å²) in [6, 6.07) is 30.9. The maximum atomic E-state index is 12.3. The van der Waals surface area contributed by atoms with Crippen LogP contribution in [0.15, 0.2) is 97.1 Å². The number of nitrogens with zero attached hydrogens (tertiary/aromatic N) is 1. The molecule has 234 valence electrons. The minimum absolute atomic E-state index is 0. The van der Waals surface area contributed by atoms with E-state index in [1.807, 2.05) is 53.4 Å². The average Bonchev–Trinajstić information content (AvgIpc) is 3.05. The molecule has 0 aromatic heterocycles. The number of carbonyl (C=O) groups excluding carboxylic acids is 1. The molecule has 1 amide bonds. The molecule has 3 aromatic carbocycles. The first-order valence-electron chi connectivity index (χ1n) is 14.6. The first-order chi connectivity index (χ1) is 19.8. The molecule has 0 spiro atoms. The van der Waals surface area contributed by atoms with E-state index in [4.69, 9.17) is 9.84 Å². The third kappa shape index (κ3) is 14.4. The van der Waals surface area contributed by atoms with Crippen LogP contribution in [0.5, 0.6) is 0 Å². The van der Waals surface area contributed by atoms with E-state index in [1.165, 1.54) is 49.9 Å². The summed E-state index contributed by atoms with van der Waals surface area (Å²) in [6.07, 6.45) is 11.6. The van der Waals surface area contributed by atoms with Crippen molar-refractivity contribution in [2.24, 2.45) is 11.8 Å². The van der Waals surface area contributed by atoms with E-state index in [0.29, 0.717) is 12.5 Å². The monoisotopic (exact) mass is 665 g/mol. The Morgan fingerprint density at radius 2 is 1.55 bits per heavy atom. The van der Waals surface area contributed by atoms with Gasteiger partial charge in [-0.05, 0) is 80.1 Å². The van der Waals surface area contributed by atoms with Crippen molar-refractivity contribution >= 4 is 12.2 Å². The van der Waals surface area contributed by atoms with Crippen LogP contribution in [-0.2, 0) is 38.2 Å². The number of hydrogen-bond acceptors (Lipinski definition) is 4. The van der Waals surface area contributed by atoms with E-state index in [9.17, 15) is 4.79 Å². The van der Waals surface area contributed by atoms with E-state index in [2.05, 4.69) is 59.9 Å². The van der Waals surface area contributed by atoms with Gasteiger partial charge in [-0.1, -0.05) is 103 Å². The van der Waals surface area contributed by atoms with Crippen molar-refractivity contribution < 1.29 is 36.5 Å². The van der Waals surface area contributed by atoms with E-state index in [0.717, 1.165) is 44.5 Å². The number of likely N-dealkylation sites (tertiary alicyclic amines) is 1. The second-order valence-corrected chi connectivity index (χ2v) is 10.4. The first-order valence-corrected chi connectivity index (χ1v) is 14.6. The van der Waals surface area contributed by atoms with Crippen LogP contribution in [0.2, 0.25) is 0 Å². The van der Waals surface area contributed by atoms with Crippen molar-refractivity contribution in [1.29, 1.82) is 0 Å².